The van der Waals surface area contributed by atoms with Crippen molar-refractivity contribution < 1.29 is 17.9 Å². The van der Waals surface area contributed by atoms with E-state index in [1.807, 2.05) is 19.1 Å². The first-order valence-corrected chi connectivity index (χ1v) is 12.8. The van der Waals surface area contributed by atoms with Gasteiger partial charge in [-0.15, -0.1) is 0 Å². The third kappa shape index (κ3) is 4.36. The Labute approximate surface area is 193 Å². The van der Waals surface area contributed by atoms with Gasteiger partial charge in [0.25, 0.3) is 5.91 Å². The van der Waals surface area contributed by atoms with Gasteiger partial charge in [-0.05, 0) is 86.7 Å². The van der Waals surface area contributed by atoms with Crippen molar-refractivity contribution in [2.75, 3.05) is 23.8 Å². The predicted molar refractivity (Wildman–Crippen MR) is 128 cm³/mol. The molecule has 2 atom stereocenters. The van der Waals surface area contributed by atoms with Crippen LogP contribution in [0.3, 0.4) is 0 Å². The second kappa shape index (κ2) is 8.48. The average Bonchev–Trinajstić information content (AvgIpc) is 3.49. The molecule has 174 valence electrons. The molecule has 0 bridgehead atoms. The van der Waals surface area contributed by atoms with E-state index in [9.17, 15) is 13.2 Å². The van der Waals surface area contributed by atoms with Gasteiger partial charge in [-0.3, -0.25) is 4.79 Å². The highest BCUT2D eigenvalue weighted by atomic mass is 32.2. The molecule has 2 aromatic carbocycles. The van der Waals surface area contributed by atoms with Crippen molar-refractivity contribution >= 4 is 32.9 Å². The molecular formula is C24H28N4O4S. The maximum absolute atomic E-state index is 12.7. The first kappa shape index (κ1) is 21.9. The second-order valence-corrected chi connectivity index (χ2v) is 10.5. The highest BCUT2D eigenvalue weighted by molar-refractivity contribution is 7.89. The van der Waals surface area contributed by atoms with Gasteiger partial charge in [-0.25, -0.2) is 13.6 Å². The topological polar surface area (TPSA) is 123 Å². The summed E-state index contributed by atoms with van der Waals surface area (Å²) in [5.41, 5.74) is 4.64. The zero-order valence-corrected chi connectivity index (χ0v) is 19.3. The number of amides is 1. The van der Waals surface area contributed by atoms with E-state index < -0.39 is 10.0 Å². The summed E-state index contributed by atoms with van der Waals surface area (Å²) in [5, 5.41) is 15.1. The summed E-state index contributed by atoms with van der Waals surface area (Å²) in [7, 11) is -3.87. The Morgan fingerprint density at radius 3 is 2.76 bits per heavy atom. The molecular weight excluding hydrogens is 440 g/mol. The Morgan fingerprint density at radius 1 is 1.18 bits per heavy atom. The van der Waals surface area contributed by atoms with Crippen LogP contribution in [0.2, 0.25) is 0 Å². The number of anilines is 2. The number of nitrogens with two attached hydrogens (primary N) is 1. The van der Waals surface area contributed by atoms with E-state index in [0.717, 1.165) is 35.5 Å². The Balaban J connectivity index is 1.34. The molecule has 33 heavy (non-hydrogen) atoms. The number of carbonyl (C=O) groups excluding carboxylic acids is 1. The quantitative estimate of drug-likeness (QED) is 0.484. The lowest BCUT2D eigenvalue weighted by atomic mass is 9.95. The third-order valence-corrected chi connectivity index (χ3v) is 7.62. The van der Waals surface area contributed by atoms with Gasteiger partial charge in [0.15, 0.2) is 0 Å². The number of carbonyl (C=O) groups is 1. The molecule has 2 unspecified atom stereocenters. The van der Waals surface area contributed by atoms with E-state index in [-0.39, 0.29) is 16.8 Å². The Morgan fingerprint density at radius 2 is 2.00 bits per heavy atom. The predicted octanol–water partition coefficient (Wildman–Crippen LogP) is 2.62. The fourth-order valence-electron chi connectivity index (χ4n) is 4.90. The van der Waals surface area contributed by atoms with Gasteiger partial charge < -0.3 is 20.7 Å². The number of fused-ring (bicyclic) bond motifs is 2. The number of rotatable bonds is 6. The maximum Gasteiger partial charge on any atom is 0.256 e. The van der Waals surface area contributed by atoms with Crippen LogP contribution in [0, 0.1) is 0 Å². The average molecular weight is 469 g/mol. The lowest BCUT2D eigenvalue weighted by Gasteiger charge is -2.15. The van der Waals surface area contributed by atoms with Crippen LogP contribution in [-0.2, 0) is 21.2 Å². The number of ether oxygens (including phenoxy) is 1. The van der Waals surface area contributed by atoms with Crippen molar-refractivity contribution in [2.45, 2.75) is 49.6 Å². The molecule has 0 saturated carbocycles. The van der Waals surface area contributed by atoms with Gasteiger partial charge in [0.2, 0.25) is 10.0 Å². The largest absolute Gasteiger partial charge is 0.494 e. The Kier molecular flexibility index (Phi) is 5.64. The fraction of sp³-hybridized carbons (Fsp3) is 0.375. The molecule has 1 amide bonds. The highest BCUT2D eigenvalue weighted by Gasteiger charge is 2.32. The van der Waals surface area contributed by atoms with E-state index in [2.05, 4.69) is 22.0 Å². The van der Waals surface area contributed by atoms with Crippen molar-refractivity contribution in [3.63, 3.8) is 0 Å². The normalized spacial score (nSPS) is 23.0. The molecule has 0 aromatic heterocycles. The van der Waals surface area contributed by atoms with Crippen molar-refractivity contribution in [2.24, 2.45) is 5.14 Å². The summed E-state index contributed by atoms with van der Waals surface area (Å²) in [6, 6.07) is 11.0. The lowest BCUT2D eigenvalue weighted by molar-refractivity contribution is -0.110. The molecule has 5 N–H and O–H groups in total. The monoisotopic (exact) mass is 468 g/mol. The zero-order valence-electron chi connectivity index (χ0n) is 18.5. The van der Waals surface area contributed by atoms with Crippen molar-refractivity contribution in [1.29, 1.82) is 0 Å². The highest BCUT2D eigenvalue weighted by Crippen LogP contribution is 2.39. The molecule has 3 aliphatic heterocycles. The van der Waals surface area contributed by atoms with E-state index in [0.29, 0.717) is 35.9 Å². The molecule has 8 nitrogen and oxygen atoms in total. The fourth-order valence-corrected chi connectivity index (χ4v) is 5.44. The summed E-state index contributed by atoms with van der Waals surface area (Å²) in [5.74, 6) is 0.609. The van der Waals surface area contributed by atoms with Crippen LogP contribution >= 0.6 is 0 Å². The van der Waals surface area contributed by atoms with Crippen LogP contribution in [-0.4, -0.2) is 39.6 Å². The van der Waals surface area contributed by atoms with Crippen molar-refractivity contribution in [3.05, 3.63) is 53.1 Å². The SMILES string of the molecule is C/C(=C1/C(=O)Nc2ccc(S(N)(=O)=O)cc21)C1Cc2cc(OCCC3CCCN3)ccc2N1. The molecule has 1 saturated heterocycles. The van der Waals surface area contributed by atoms with Crippen molar-refractivity contribution in [1.82, 2.24) is 5.32 Å². The molecule has 2 aromatic rings. The zero-order chi connectivity index (χ0) is 23.2. The minimum Gasteiger partial charge on any atom is -0.494 e. The van der Waals surface area contributed by atoms with Crippen LogP contribution < -0.4 is 25.8 Å². The van der Waals surface area contributed by atoms with Gasteiger partial charge >= 0.3 is 0 Å². The van der Waals surface area contributed by atoms with Crippen LogP contribution in [0.25, 0.3) is 5.57 Å². The standard InChI is InChI=1S/C24H28N4O4S/c1-14(23-19-13-18(33(25,30)31)5-7-21(19)28-24(23)29)22-12-15-11-17(4-6-20(15)27-22)32-10-8-16-3-2-9-26-16/h4-7,11,13,16,22,26-27H,2-3,8-10,12H2,1H3,(H,28,29)(H2,25,30,31)/b23-14-. The minimum atomic E-state index is -3.87. The van der Waals surface area contributed by atoms with Gasteiger partial charge in [-0.2, -0.15) is 0 Å². The van der Waals surface area contributed by atoms with E-state index >= 15 is 0 Å². The summed E-state index contributed by atoms with van der Waals surface area (Å²) in [6.45, 7) is 3.68. The van der Waals surface area contributed by atoms with Crippen molar-refractivity contribution in [3.8, 4) is 5.75 Å². The number of sulfonamides is 1. The number of nitrogens with one attached hydrogen (secondary N) is 3. The number of hydrogen-bond acceptors (Lipinski definition) is 6. The minimum absolute atomic E-state index is 0.0136. The van der Waals surface area contributed by atoms with Crippen LogP contribution in [0.5, 0.6) is 5.75 Å². The molecule has 3 heterocycles. The number of primary sulfonamides is 1. The van der Waals surface area contributed by atoms with Crippen LogP contribution in [0.15, 0.2) is 46.9 Å². The van der Waals surface area contributed by atoms with Crippen LogP contribution in [0.1, 0.15) is 37.3 Å². The summed E-state index contributed by atoms with van der Waals surface area (Å²) in [6.07, 6.45) is 4.15. The molecule has 9 heteroatoms. The maximum atomic E-state index is 12.7. The molecule has 3 aliphatic rings. The third-order valence-electron chi connectivity index (χ3n) is 6.71. The number of benzene rings is 2. The first-order valence-electron chi connectivity index (χ1n) is 11.2. The van der Waals surface area contributed by atoms with Gasteiger partial charge in [-0.1, -0.05) is 0 Å². The Hall–Kier alpha value is -2.88. The van der Waals surface area contributed by atoms with Gasteiger partial charge in [0.05, 0.1) is 23.1 Å². The molecule has 5 rings (SSSR count). The van der Waals surface area contributed by atoms with Crippen LogP contribution in [0.4, 0.5) is 11.4 Å². The summed E-state index contributed by atoms with van der Waals surface area (Å²) in [4.78, 5) is 12.7. The van der Waals surface area contributed by atoms with E-state index in [1.54, 1.807) is 6.07 Å². The first-order chi connectivity index (χ1) is 15.8. The Bertz CT molecular complexity index is 1250. The van der Waals surface area contributed by atoms with Gasteiger partial charge in [0, 0.05) is 23.0 Å². The smallest absolute Gasteiger partial charge is 0.256 e. The summed E-state index contributed by atoms with van der Waals surface area (Å²) >= 11 is 0. The number of hydrogen-bond donors (Lipinski definition) is 4. The summed E-state index contributed by atoms with van der Waals surface area (Å²) < 4.78 is 29.6. The van der Waals surface area contributed by atoms with Gasteiger partial charge in [0.1, 0.15) is 5.75 Å². The lowest BCUT2D eigenvalue weighted by Crippen LogP contribution is -2.23. The second-order valence-electron chi connectivity index (χ2n) is 8.91. The van der Waals surface area contributed by atoms with E-state index in [4.69, 9.17) is 9.88 Å². The molecule has 1 fully saturated rings. The molecule has 0 spiro atoms. The van der Waals surface area contributed by atoms with E-state index in [1.165, 1.54) is 25.0 Å². The molecule has 0 radical (unpaired) electrons. The molecule has 0 aliphatic carbocycles.